The predicted molar refractivity (Wildman–Crippen MR) is 118 cm³/mol. The molecule has 5 rings (SSSR count). The Labute approximate surface area is 186 Å². The lowest BCUT2D eigenvalue weighted by molar-refractivity contribution is -0.00196. The molecule has 3 aromatic rings. The van der Waals surface area contributed by atoms with E-state index in [-0.39, 0.29) is 12.0 Å². The molecule has 3 heterocycles. The average molecular weight is 438 g/mol. The van der Waals surface area contributed by atoms with E-state index >= 15 is 0 Å². The Morgan fingerprint density at radius 1 is 1.10 bits per heavy atom. The number of fused-ring (bicyclic) bond motifs is 1. The molecule has 1 aromatic heterocycles. The number of hydrogen-bond donors (Lipinski definition) is 0. The summed E-state index contributed by atoms with van der Waals surface area (Å²) in [6.07, 6.45) is -0.132. The molecule has 0 N–H and O–H groups in total. The number of hydrogen-bond acceptors (Lipinski definition) is 5. The second-order valence-corrected chi connectivity index (χ2v) is 8.47. The first kappa shape index (κ1) is 20.0. The molecule has 8 heteroatoms. The average Bonchev–Trinajstić information content (AvgIpc) is 3.22. The first-order chi connectivity index (χ1) is 15.1. The molecule has 0 saturated carbocycles. The molecule has 0 radical (unpaired) electrons. The van der Waals surface area contributed by atoms with Crippen molar-refractivity contribution in [2.75, 3.05) is 31.1 Å². The molecule has 2 aliphatic rings. The molecule has 1 atom stereocenters. The molecule has 2 aliphatic heterocycles. The summed E-state index contributed by atoms with van der Waals surface area (Å²) in [5.74, 6) is -0.0707. The number of anilines is 1. The molecule has 0 aliphatic carbocycles. The summed E-state index contributed by atoms with van der Waals surface area (Å²) >= 11 is 5.98. The fourth-order valence-corrected chi connectivity index (χ4v) is 4.32. The minimum Gasteiger partial charge on any atom is -0.368 e. The number of piperazine rings is 1. The fourth-order valence-electron chi connectivity index (χ4n) is 4.20. The van der Waals surface area contributed by atoms with Gasteiger partial charge in [0.2, 0.25) is 0 Å². The Morgan fingerprint density at radius 2 is 1.87 bits per heavy atom. The zero-order valence-electron chi connectivity index (χ0n) is 17.4. The van der Waals surface area contributed by atoms with Crippen LogP contribution >= 0.6 is 11.6 Å². The zero-order valence-corrected chi connectivity index (χ0v) is 18.1. The molecular weight excluding hydrogens is 414 g/mol. The quantitative estimate of drug-likeness (QED) is 0.627. The minimum absolute atomic E-state index is 0.0707. The van der Waals surface area contributed by atoms with E-state index in [1.807, 2.05) is 29.2 Å². The van der Waals surface area contributed by atoms with E-state index in [2.05, 4.69) is 46.4 Å². The number of carbonyl (C=O) groups is 1. The third kappa shape index (κ3) is 4.03. The highest BCUT2D eigenvalue weighted by Gasteiger charge is 2.31. The van der Waals surface area contributed by atoms with Crippen molar-refractivity contribution in [3.63, 3.8) is 0 Å². The van der Waals surface area contributed by atoms with Crippen LogP contribution in [0.15, 0.2) is 48.5 Å². The van der Waals surface area contributed by atoms with Crippen LogP contribution in [0, 0.1) is 6.92 Å². The maximum absolute atomic E-state index is 13.1. The number of rotatable bonds is 3. The fraction of sp³-hybridized carbons (Fsp3) is 0.348. The van der Waals surface area contributed by atoms with Gasteiger partial charge >= 0.3 is 0 Å². The van der Waals surface area contributed by atoms with Gasteiger partial charge in [-0.05, 0) is 42.3 Å². The SMILES string of the molecule is Cc1cccc(N2CCN(C(=O)c3nnn4c3COC(c3ccc(Cl)cc3)C4)CC2)c1. The molecule has 2 aromatic carbocycles. The maximum atomic E-state index is 13.1. The molecule has 0 spiro atoms. The number of aromatic nitrogens is 3. The van der Waals surface area contributed by atoms with Gasteiger partial charge in [0.1, 0.15) is 6.10 Å². The van der Waals surface area contributed by atoms with Crippen molar-refractivity contribution in [2.45, 2.75) is 26.2 Å². The number of nitrogens with zero attached hydrogens (tertiary/aromatic N) is 5. The van der Waals surface area contributed by atoms with E-state index < -0.39 is 0 Å². The van der Waals surface area contributed by atoms with E-state index in [1.54, 1.807) is 4.68 Å². The van der Waals surface area contributed by atoms with Gasteiger partial charge in [-0.15, -0.1) is 5.10 Å². The monoisotopic (exact) mass is 437 g/mol. The molecule has 31 heavy (non-hydrogen) atoms. The van der Waals surface area contributed by atoms with Gasteiger partial charge in [0.05, 0.1) is 18.8 Å². The summed E-state index contributed by atoms with van der Waals surface area (Å²) in [4.78, 5) is 17.3. The van der Waals surface area contributed by atoms with Gasteiger partial charge in [0.15, 0.2) is 5.69 Å². The number of amides is 1. The van der Waals surface area contributed by atoms with Gasteiger partial charge in [0, 0.05) is 36.9 Å². The topological polar surface area (TPSA) is 63.5 Å². The van der Waals surface area contributed by atoms with Gasteiger partial charge in [0.25, 0.3) is 5.91 Å². The van der Waals surface area contributed by atoms with Crippen molar-refractivity contribution in [2.24, 2.45) is 0 Å². The largest absolute Gasteiger partial charge is 0.368 e. The second-order valence-electron chi connectivity index (χ2n) is 8.04. The summed E-state index contributed by atoms with van der Waals surface area (Å²) in [5, 5.41) is 9.14. The maximum Gasteiger partial charge on any atom is 0.276 e. The van der Waals surface area contributed by atoms with E-state index in [0.29, 0.717) is 37.0 Å². The third-order valence-corrected chi connectivity index (χ3v) is 6.23. The summed E-state index contributed by atoms with van der Waals surface area (Å²) < 4.78 is 7.82. The lowest BCUT2D eigenvalue weighted by Gasteiger charge is -2.36. The van der Waals surface area contributed by atoms with Crippen LogP contribution in [0.5, 0.6) is 0 Å². The minimum atomic E-state index is -0.132. The molecule has 1 saturated heterocycles. The Morgan fingerprint density at radius 3 is 2.61 bits per heavy atom. The van der Waals surface area contributed by atoms with Gasteiger partial charge in [-0.3, -0.25) is 4.79 Å². The van der Waals surface area contributed by atoms with Crippen molar-refractivity contribution in [3.8, 4) is 0 Å². The van der Waals surface area contributed by atoms with Crippen LogP contribution < -0.4 is 4.90 Å². The zero-order chi connectivity index (χ0) is 21.4. The molecular formula is C23H24ClN5O2. The molecule has 1 amide bonds. The lowest BCUT2D eigenvalue weighted by Crippen LogP contribution is -2.49. The smallest absolute Gasteiger partial charge is 0.276 e. The number of carbonyl (C=O) groups excluding carboxylic acids is 1. The van der Waals surface area contributed by atoms with Gasteiger partial charge in [-0.2, -0.15) is 0 Å². The van der Waals surface area contributed by atoms with E-state index in [0.717, 1.165) is 24.3 Å². The van der Waals surface area contributed by atoms with Crippen LogP contribution in [-0.4, -0.2) is 52.0 Å². The standard InChI is InChI=1S/C23H24ClN5O2/c1-16-3-2-4-19(13-16)27-9-11-28(12-10-27)23(30)22-20-15-31-21(14-29(20)26-25-22)17-5-7-18(24)8-6-17/h2-8,13,21H,9-12,14-15H2,1H3. The van der Waals surface area contributed by atoms with Crippen LogP contribution in [0.4, 0.5) is 5.69 Å². The molecule has 1 unspecified atom stereocenters. The Bertz CT molecular complexity index is 1090. The molecule has 1 fully saturated rings. The molecule has 160 valence electrons. The van der Waals surface area contributed by atoms with Crippen molar-refractivity contribution >= 4 is 23.2 Å². The summed E-state index contributed by atoms with van der Waals surface area (Å²) in [7, 11) is 0. The number of ether oxygens (including phenoxy) is 1. The summed E-state index contributed by atoms with van der Waals surface area (Å²) in [6, 6.07) is 16.1. The Balaban J connectivity index is 1.25. The lowest BCUT2D eigenvalue weighted by atomic mass is 10.1. The van der Waals surface area contributed by atoms with Crippen molar-refractivity contribution in [1.82, 2.24) is 19.9 Å². The van der Waals surface area contributed by atoms with Crippen molar-refractivity contribution in [3.05, 3.63) is 76.1 Å². The van der Waals surface area contributed by atoms with Crippen molar-refractivity contribution in [1.29, 1.82) is 0 Å². The van der Waals surface area contributed by atoms with Gasteiger partial charge in [-0.1, -0.05) is 41.1 Å². The Kier molecular flexibility index (Phi) is 5.38. The number of benzene rings is 2. The van der Waals surface area contributed by atoms with Gasteiger partial charge < -0.3 is 14.5 Å². The first-order valence-corrected chi connectivity index (χ1v) is 10.9. The van der Waals surface area contributed by atoms with Crippen LogP contribution in [0.1, 0.15) is 33.4 Å². The normalized spacial score (nSPS) is 18.7. The van der Waals surface area contributed by atoms with E-state index in [9.17, 15) is 4.79 Å². The number of aryl methyl sites for hydroxylation is 1. The molecule has 0 bridgehead atoms. The van der Waals surface area contributed by atoms with Crippen molar-refractivity contribution < 1.29 is 9.53 Å². The van der Waals surface area contributed by atoms with Gasteiger partial charge in [-0.25, -0.2) is 4.68 Å². The predicted octanol–water partition coefficient (Wildman–Crippen LogP) is 3.47. The molecule has 7 nitrogen and oxygen atoms in total. The van der Waals surface area contributed by atoms with Crippen LogP contribution in [0.25, 0.3) is 0 Å². The third-order valence-electron chi connectivity index (χ3n) is 5.98. The highest BCUT2D eigenvalue weighted by Crippen LogP contribution is 2.28. The highest BCUT2D eigenvalue weighted by molar-refractivity contribution is 6.30. The number of halogens is 1. The second kappa shape index (κ2) is 8.32. The van der Waals surface area contributed by atoms with Crippen LogP contribution in [-0.2, 0) is 17.9 Å². The van der Waals surface area contributed by atoms with Crippen LogP contribution in [0.3, 0.4) is 0 Å². The summed E-state index contributed by atoms with van der Waals surface area (Å²) in [5.41, 5.74) is 4.62. The Hall–Kier alpha value is -2.90. The summed E-state index contributed by atoms with van der Waals surface area (Å²) in [6.45, 7) is 5.85. The van der Waals surface area contributed by atoms with E-state index in [4.69, 9.17) is 16.3 Å². The highest BCUT2D eigenvalue weighted by atomic mass is 35.5. The van der Waals surface area contributed by atoms with Crippen LogP contribution in [0.2, 0.25) is 5.02 Å². The van der Waals surface area contributed by atoms with E-state index in [1.165, 1.54) is 11.3 Å². The first-order valence-electron chi connectivity index (χ1n) is 10.5.